The molecule has 1 heterocycles. The van der Waals surface area contributed by atoms with Crippen molar-refractivity contribution in [3.63, 3.8) is 0 Å². The Morgan fingerprint density at radius 2 is 2.04 bits per heavy atom. The first-order valence-electron chi connectivity index (χ1n) is 9.29. The van der Waals surface area contributed by atoms with Gasteiger partial charge in [0.2, 0.25) is 5.91 Å². The SMILES string of the molecule is CC1CC(C)(C)CC2(C1)NC(=O)N(CC(=O)NC(CN)C1CC1)C2=O. The van der Waals surface area contributed by atoms with Gasteiger partial charge in [-0.15, -0.1) is 0 Å². The molecule has 3 fully saturated rings. The molecule has 140 valence electrons. The fourth-order valence-corrected chi connectivity index (χ4v) is 4.91. The number of hydrogen-bond acceptors (Lipinski definition) is 4. The van der Waals surface area contributed by atoms with E-state index in [1.807, 2.05) is 0 Å². The molecule has 2 aliphatic carbocycles. The lowest BCUT2D eigenvalue weighted by molar-refractivity contribution is -0.137. The molecule has 3 aliphatic rings. The van der Waals surface area contributed by atoms with E-state index < -0.39 is 11.6 Å². The third-order valence-corrected chi connectivity index (χ3v) is 5.72. The largest absolute Gasteiger partial charge is 0.350 e. The van der Waals surface area contributed by atoms with Gasteiger partial charge >= 0.3 is 6.03 Å². The predicted molar refractivity (Wildman–Crippen MR) is 93.5 cm³/mol. The van der Waals surface area contributed by atoms with E-state index in [1.54, 1.807) is 0 Å². The van der Waals surface area contributed by atoms with Crippen molar-refractivity contribution in [2.45, 2.75) is 64.5 Å². The fourth-order valence-electron chi connectivity index (χ4n) is 4.91. The molecule has 0 aromatic carbocycles. The van der Waals surface area contributed by atoms with Crippen LogP contribution in [0.2, 0.25) is 0 Å². The van der Waals surface area contributed by atoms with E-state index in [4.69, 9.17) is 5.73 Å². The van der Waals surface area contributed by atoms with Crippen molar-refractivity contribution in [1.82, 2.24) is 15.5 Å². The van der Waals surface area contributed by atoms with E-state index >= 15 is 0 Å². The Labute approximate surface area is 149 Å². The summed E-state index contributed by atoms with van der Waals surface area (Å²) in [4.78, 5) is 38.8. The van der Waals surface area contributed by atoms with Gasteiger partial charge in [-0.2, -0.15) is 0 Å². The van der Waals surface area contributed by atoms with Crippen molar-refractivity contribution < 1.29 is 14.4 Å². The molecule has 0 aromatic rings. The van der Waals surface area contributed by atoms with Crippen LogP contribution in [-0.2, 0) is 9.59 Å². The van der Waals surface area contributed by atoms with Gasteiger partial charge in [-0.3, -0.25) is 14.5 Å². The van der Waals surface area contributed by atoms with Crippen molar-refractivity contribution in [1.29, 1.82) is 0 Å². The number of nitrogens with two attached hydrogens (primary N) is 1. The standard InChI is InChI=1S/C18H30N4O3/c1-11-6-17(2,3)10-18(7-11)15(24)22(16(25)21-18)9-14(23)20-13(8-19)12-4-5-12/h11-13H,4-10,19H2,1-3H3,(H,20,23)(H,21,25). The Hall–Kier alpha value is -1.63. The lowest BCUT2D eigenvalue weighted by Gasteiger charge is -2.43. The maximum absolute atomic E-state index is 13.0. The second-order valence-electron chi connectivity index (χ2n) is 9.01. The Morgan fingerprint density at radius 3 is 2.60 bits per heavy atom. The fraction of sp³-hybridized carbons (Fsp3) is 0.833. The van der Waals surface area contributed by atoms with Crippen LogP contribution in [0.15, 0.2) is 0 Å². The molecular formula is C18H30N4O3. The maximum atomic E-state index is 13.0. The van der Waals surface area contributed by atoms with Gasteiger partial charge in [0.15, 0.2) is 0 Å². The normalized spacial score (nSPS) is 32.6. The zero-order chi connectivity index (χ0) is 18.4. The molecule has 1 saturated heterocycles. The van der Waals surface area contributed by atoms with Gasteiger partial charge in [-0.05, 0) is 49.4 Å². The number of nitrogens with zero attached hydrogens (tertiary/aromatic N) is 1. The smallest absolute Gasteiger partial charge is 0.325 e. The van der Waals surface area contributed by atoms with E-state index in [0.29, 0.717) is 31.2 Å². The highest BCUT2D eigenvalue weighted by Crippen LogP contribution is 2.46. The van der Waals surface area contributed by atoms with Crippen LogP contribution in [0, 0.1) is 17.3 Å². The minimum atomic E-state index is -0.859. The topological polar surface area (TPSA) is 105 Å². The summed E-state index contributed by atoms with van der Waals surface area (Å²) < 4.78 is 0. The van der Waals surface area contributed by atoms with Crippen LogP contribution >= 0.6 is 0 Å². The van der Waals surface area contributed by atoms with Gasteiger partial charge in [0, 0.05) is 12.6 Å². The summed E-state index contributed by atoms with van der Waals surface area (Å²) in [6, 6.07) is -0.517. The van der Waals surface area contributed by atoms with Crippen LogP contribution in [-0.4, -0.2) is 47.4 Å². The average Bonchev–Trinajstić information content (AvgIpc) is 3.28. The third kappa shape index (κ3) is 3.66. The molecule has 4 amide bonds. The number of carbonyl (C=O) groups is 3. The Kier molecular flexibility index (Phi) is 4.56. The zero-order valence-corrected chi connectivity index (χ0v) is 15.4. The first-order valence-corrected chi connectivity index (χ1v) is 9.29. The number of rotatable bonds is 5. The molecule has 2 saturated carbocycles. The Morgan fingerprint density at radius 1 is 1.36 bits per heavy atom. The van der Waals surface area contributed by atoms with Crippen molar-refractivity contribution in [3.8, 4) is 0 Å². The molecule has 3 unspecified atom stereocenters. The van der Waals surface area contributed by atoms with E-state index in [-0.39, 0.29) is 29.8 Å². The molecule has 1 aliphatic heterocycles. The average molecular weight is 350 g/mol. The number of amides is 4. The third-order valence-electron chi connectivity index (χ3n) is 5.72. The second-order valence-corrected chi connectivity index (χ2v) is 9.01. The van der Waals surface area contributed by atoms with Crippen LogP contribution in [0.5, 0.6) is 0 Å². The molecule has 3 rings (SSSR count). The summed E-state index contributed by atoms with van der Waals surface area (Å²) in [5.74, 6) is 0.204. The summed E-state index contributed by atoms with van der Waals surface area (Å²) in [7, 11) is 0. The predicted octanol–water partition coefficient (Wildman–Crippen LogP) is 0.977. The molecule has 7 heteroatoms. The van der Waals surface area contributed by atoms with E-state index in [9.17, 15) is 14.4 Å². The van der Waals surface area contributed by atoms with Crippen LogP contribution in [0.4, 0.5) is 4.79 Å². The van der Waals surface area contributed by atoms with Gasteiger partial charge in [0.1, 0.15) is 12.1 Å². The molecular weight excluding hydrogens is 320 g/mol. The lowest BCUT2D eigenvalue weighted by atomic mass is 9.64. The van der Waals surface area contributed by atoms with Crippen molar-refractivity contribution in [2.75, 3.05) is 13.1 Å². The monoisotopic (exact) mass is 350 g/mol. The highest BCUT2D eigenvalue weighted by Gasteiger charge is 2.56. The van der Waals surface area contributed by atoms with Crippen molar-refractivity contribution in [2.24, 2.45) is 23.0 Å². The summed E-state index contributed by atoms with van der Waals surface area (Å²) in [5, 5.41) is 5.77. The summed E-state index contributed by atoms with van der Waals surface area (Å²) in [5.41, 5.74) is 4.83. The van der Waals surface area contributed by atoms with Crippen LogP contribution in [0.3, 0.4) is 0 Å². The first kappa shape index (κ1) is 18.2. The lowest BCUT2D eigenvalue weighted by Crippen LogP contribution is -2.54. The van der Waals surface area contributed by atoms with E-state index in [1.165, 1.54) is 0 Å². The Balaban J connectivity index is 1.68. The number of imide groups is 1. The minimum absolute atomic E-state index is 0.0184. The van der Waals surface area contributed by atoms with Crippen molar-refractivity contribution in [3.05, 3.63) is 0 Å². The summed E-state index contributed by atoms with van der Waals surface area (Å²) in [6.07, 6.45) is 4.41. The highest BCUT2D eigenvalue weighted by atomic mass is 16.2. The maximum Gasteiger partial charge on any atom is 0.325 e. The summed E-state index contributed by atoms with van der Waals surface area (Å²) in [6.45, 7) is 6.51. The zero-order valence-electron chi connectivity index (χ0n) is 15.4. The number of nitrogens with one attached hydrogen (secondary N) is 2. The van der Waals surface area contributed by atoms with Crippen LogP contribution in [0.25, 0.3) is 0 Å². The van der Waals surface area contributed by atoms with Gasteiger partial charge in [0.25, 0.3) is 5.91 Å². The minimum Gasteiger partial charge on any atom is -0.350 e. The number of urea groups is 1. The quantitative estimate of drug-likeness (QED) is 0.643. The van der Waals surface area contributed by atoms with Crippen molar-refractivity contribution >= 4 is 17.8 Å². The highest BCUT2D eigenvalue weighted by molar-refractivity contribution is 6.09. The molecule has 0 aromatic heterocycles. The van der Waals surface area contributed by atoms with E-state index in [0.717, 1.165) is 24.2 Å². The Bertz CT molecular complexity index is 587. The first-order chi connectivity index (χ1) is 11.7. The van der Waals surface area contributed by atoms with Gasteiger partial charge < -0.3 is 16.4 Å². The van der Waals surface area contributed by atoms with Gasteiger partial charge in [-0.1, -0.05) is 20.8 Å². The molecule has 4 N–H and O–H groups in total. The molecule has 3 atom stereocenters. The molecule has 0 radical (unpaired) electrons. The number of hydrogen-bond donors (Lipinski definition) is 3. The van der Waals surface area contributed by atoms with E-state index in [2.05, 4.69) is 31.4 Å². The second kappa shape index (κ2) is 6.27. The van der Waals surface area contributed by atoms with Crippen LogP contribution < -0.4 is 16.4 Å². The molecule has 25 heavy (non-hydrogen) atoms. The molecule has 0 bridgehead atoms. The van der Waals surface area contributed by atoms with Gasteiger partial charge in [-0.25, -0.2) is 4.79 Å². The molecule has 7 nitrogen and oxygen atoms in total. The van der Waals surface area contributed by atoms with Gasteiger partial charge in [0.05, 0.1) is 0 Å². The molecule has 1 spiro atoms. The number of carbonyl (C=O) groups excluding carboxylic acids is 3. The summed E-state index contributed by atoms with van der Waals surface area (Å²) >= 11 is 0. The van der Waals surface area contributed by atoms with Crippen LogP contribution in [0.1, 0.15) is 52.9 Å².